The molecule has 0 aromatic carbocycles. The van der Waals surface area contributed by atoms with E-state index in [0.29, 0.717) is 0 Å². The third-order valence-electron chi connectivity index (χ3n) is 3.85. The molecule has 0 saturated heterocycles. The van der Waals surface area contributed by atoms with Crippen LogP contribution in [0.3, 0.4) is 0 Å². The lowest BCUT2D eigenvalue weighted by Gasteiger charge is -2.25. The number of nitrogens with one attached hydrogen (secondary N) is 1. The van der Waals surface area contributed by atoms with Gasteiger partial charge in [0, 0.05) is 25.0 Å². The molecular weight excluding hydrogens is 250 g/mol. The summed E-state index contributed by atoms with van der Waals surface area (Å²) >= 11 is 0. The Morgan fingerprint density at radius 3 is 2.60 bits per heavy atom. The maximum absolute atomic E-state index is 4.50. The summed E-state index contributed by atoms with van der Waals surface area (Å²) in [5.74, 6) is 0. The van der Waals surface area contributed by atoms with Crippen LogP contribution in [0.15, 0.2) is 18.6 Å². The van der Waals surface area contributed by atoms with Gasteiger partial charge in [0.2, 0.25) is 0 Å². The van der Waals surface area contributed by atoms with Crippen molar-refractivity contribution >= 4 is 0 Å². The first-order chi connectivity index (χ1) is 9.44. The fraction of sp³-hybridized carbons (Fsp3) is 0.600. The molecule has 20 heavy (non-hydrogen) atoms. The number of aryl methyl sites for hydroxylation is 4. The van der Waals surface area contributed by atoms with Crippen molar-refractivity contribution in [3.05, 3.63) is 35.7 Å². The maximum atomic E-state index is 4.50. The van der Waals surface area contributed by atoms with E-state index in [1.165, 1.54) is 11.4 Å². The third kappa shape index (κ3) is 3.10. The molecule has 0 atom stereocenters. The van der Waals surface area contributed by atoms with Crippen LogP contribution in [-0.2, 0) is 18.6 Å². The summed E-state index contributed by atoms with van der Waals surface area (Å²) in [5.41, 5.74) is 3.47. The van der Waals surface area contributed by atoms with Crippen LogP contribution in [0.1, 0.15) is 37.4 Å². The predicted molar refractivity (Wildman–Crippen MR) is 80.6 cm³/mol. The average Bonchev–Trinajstić information content (AvgIpc) is 2.97. The van der Waals surface area contributed by atoms with E-state index in [1.54, 1.807) is 0 Å². The quantitative estimate of drug-likeness (QED) is 0.879. The highest BCUT2D eigenvalue weighted by Gasteiger charge is 2.21. The van der Waals surface area contributed by atoms with E-state index in [9.17, 15) is 0 Å². The van der Waals surface area contributed by atoms with Gasteiger partial charge in [0.25, 0.3) is 0 Å². The number of hydrogen-bond acceptors (Lipinski definition) is 3. The molecule has 0 spiro atoms. The molecule has 2 heterocycles. The summed E-state index contributed by atoms with van der Waals surface area (Å²) < 4.78 is 4.30. The topological polar surface area (TPSA) is 47.7 Å². The standard InChI is InChI=1S/C15H25N5/c1-12-9-13(2)20(18-12)8-6-7-19-11-17-10-14(19)15(3,4)16-5/h9-11,16H,6-8H2,1-5H3. The van der Waals surface area contributed by atoms with Crippen molar-refractivity contribution in [3.63, 3.8) is 0 Å². The van der Waals surface area contributed by atoms with Gasteiger partial charge in [0.15, 0.2) is 0 Å². The predicted octanol–water partition coefficient (Wildman–Crippen LogP) is 2.24. The minimum absolute atomic E-state index is 0.0608. The van der Waals surface area contributed by atoms with Crippen LogP contribution in [0.25, 0.3) is 0 Å². The Hall–Kier alpha value is -1.62. The van der Waals surface area contributed by atoms with Crippen LogP contribution in [0.2, 0.25) is 0 Å². The summed E-state index contributed by atoms with van der Waals surface area (Å²) in [6.07, 6.45) is 4.90. The second-order valence-corrected chi connectivity index (χ2v) is 5.85. The monoisotopic (exact) mass is 275 g/mol. The zero-order chi connectivity index (χ0) is 14.8. The minimum Gasteiger partial charge on any atom is -0.333 e. The number of rotatable bonds is 6. The van der Waals surface area contributed by atoms with Gasteiger partial charge in [-0.25, -0.2) is 4.98 Å². The molecule has 0 amide bonds. The molecule has 2 rings (SSSR count). The Labute approximate surface area is 121 Å². The van der Waals surface area contributed by atoms with Crippen LogP contribution in [0.4, 0.5) is 0 Å². The van der Waals surface area contributed by atoms with Crippen LogP contribution >= 0.6 is 0 Å². The number of hydrogen-bond donors (Lipinski definition) is 1. The zero-order valence-corrected chi connectivity index (χ0v) is 13.1. The molecule has 0 saturated carbocycles. The van der Waals surface area contributed by atoms with Gasteiger partial charge in [-0.3, -0.25) is 4.68 Å². The molecule has 1 N–H and O–H groups in total. The largest absolute Gasteiger partial charge is 0.333 e. The molecule has 0 aliphatic rings. The van der Waals surface area contributed by atoms with Crippen molar-refractivity contribution in [2.24, 2.45) is 0 Å². The second-order valence-electron chi connectivity index (χ2n) is 5.85. The lowest BCUT2D eigenvalue weighted by atomic mass is 10.0. The molecule has 0 unspecified atom stereocenters. The molecular formula is C15H25N5. The second kappa shape index (κ2) is 5.79. The average molecular weight is 275 g/mol. The van der Waals surface area contributed by atoms with E-state index < -0.39 is 0 Å². The summed E-state index contributed by atoms with van der Waals surface area (Å²) in [4.78, 5) is 4.28. The first kappa shape index (κ1) is 14.8. The molecule has 2 aromatic heterocycles. The Balaban J connectivity index is 1.99. The molecule has 110 valence electrons. The van der Waals surface area contributed by atoms with Crippen molar-refractivity contribution in [1.29, 1.82) is 0 Å². The summed E-state index contributed by atoms with van der Waals surface area (Å²) in [6.45, 7) is 10.4. The van der Waals surface area contributed by atoms with E-state index in [1.807, 2.05) is 26.5 Å². The van der Waals surface area contributed by atoms with E-state index >= 15 is 0 Å². The Kier molecular flexibility index (Phi) is 4.28. The summed E-state index contributed by atoms with van der Waals surface area (Å²) in [5, 5.41) is 7.82. The highest BCUT2D eigenvalue weighted by molar-refractivity contribution is 5.11. The van der Waals surface area contributed by atoms with Crippen molar-refractivity contribution in [2.75, 3.05) is 7.05 Å². The Morgan fingerprint density at radius 2 is 2.00 bits per heavy atom. The van der Waals surface area contributed by atoms with E-state index in [0.717, 1.165) is 25.2 Å². The number of nitrogens with zero attached hydrogens (tertiary/aromatic N) is 4. The van der Waals surface area contributed by atoms with Gasteiger partial charge >= 0.3 is 0 Å². The van der Waals surface area contributed by atoms with Crippen molar-refractivity contribution < 1.29 is 0 Å². The highest BCUT2D eigenvalue weighted by Crippen LogP contribution is 2.19. The minimum atomic E-state index is -0.0608. The summed E-state index contributed by atoms with van der Waals surface area (Å²) in [7, 11) is 1.98. The van der Waals surface area contributed by atoms with E-state index in [2.05, 4.69) is 51.5 Å². The SMILES string of the molecule is CNC(C)(C)c1cncn1CCCn1nc(C)cc1C. The molecule has 5 nitrogen and oxygen atoms in total. The number of imidazole rings is 1. The van der Waals surface area contributed by atoms with Crippen LogP contribution in [0.5, 0.6) is 0 Å². The van der Waals surface area contributed by atoms with Gasteiger partial charge in [-0.1, -0.05) is 0 Å². The lowest BCUT2D eigenvalue weighted by Crippen LogP contribution is -2.35. The van der Waals surface area contributed by atoms with Crippen molar-refractivity contribution in [1.82, 2.24) is 24.6 Å². The van der Waals surface area contributed by atoms with E-state index in [-0.39, 0.29) is 5.54 Å². The van der Waals surface area contributed by atoms with Gasteiger partial charge in [0.1, 0.15) is 0 Å². The lowest BCUT2D eigenvalue weighted by molar-refractivity contribution is 0.400. The first-order valence-electron chi connectivity index (χ1n) is 7.14. The normalized spacial score (nSPS) is 12.1. The van der Waals surface area contributed by atoms with Gasteiger partial charge in [0.05, 0.1) is 23.3 Å². The zero-order valence-electron chi connectivity index (χ0n) is 13.1. The molecule has 0 fully saturated rings. The fourth-order valence-electron chi connectivity index (χ4n) is 2.44. The third-order valence-corrected chi connectivity index (χ3v) is 3.85. The molecule has 0 aliphatic carbocycles. The van der Waals surface area contributed by atoms with Gasteiger partial charge < -0.3 is 9.88 Å². The van der Waals surface area contributed by atoms with Crippen LogP contribution in [0, 0.1) is 13.8 Å². The fourth-order valence-corrected chi connectivity index (χ4v) is 2.44. The van der Waals surface area contributed by atoms with Crippen molar-refractivity contribution in [3.8, 4) is 0 Å². The van der Waals surface area contributed by atoms with Crippen LogP contribution < -0.4 is 5.32 Å². The molecule has 0 aliphatic heterocycles. The van der Waals surface area contributed by atoms with Crippen molar-refractivity contribution in [2.45, 2.75) is 52.7 Å². The molecule has 0 radical (unpaired) electrons. The van der Waals surface area contributed by atoms with Gasteiger partial charge in [-0.15, -0.1) is 0 Å². The number of aromatic nitrogens is 4. The molecule has 0 bridgehead atoms. The molecule has 2 aromatic rings. The first-order valence-corrected chi connectivity index (χ1v) is 7.14. The Bertz CT molecular complexity index is 565. The molecule has 5 heteroatoms. The maximum Gasteiger partial charge on any atom is 0.0948 e. The highest BCUT2D eigenvalue weighted by atomic mass is 15.3. The van der Waals surface area contributed by atoms with Crippen LogP contribution in [-0.4, -0.2) is 26.4 Å². The van der Waals surface area contributed by atoms with E-state index in [4.69, 9.17) is 0 Å². The summed E-state index contributed by atoms with van der Waals surface area (Å²) in [6, 6.07) is 2.12. The Morgan fingerprint density at radius 1 is 1.25 bits per heavy atom. The smallest absolute Gasteiger partial charge is 0.0948 e. The van der Waals surface area contributed by atoms with Gasteiger partial charge in [-0.05, 0) is 47.2 Å². The van der Waals surface area contributed by atoms with Gasteiger partial charge in [-0.2, -0.15) is 5.10 Å².